The molecule has 0 amide bonds. The second-order valence-corrected chi connectivity index (χ2v) is 7.11. The summed E-state index contributed by atoms with van der Waals surface area (Å²) in [7, 11) is -3.50. The zero-order chi connectivity index (χ0) is 15.1. The first-order valence-electron chi connectivity index (χ1n) is 6.73. The Morgan fingerprint density at radius 1 is 1.38 bits per heavy atom. The van der Waals surface area contributed by atoms with E-state index in [2.05, 4.69) is 20.1 Å². The van der Waals surface area contributed by atoms with Crippen LogP contribution in [0.4, 0.5) is 0 Å². The predicted molar refractivity (Wildman–Crippen MR) is 81.8 cm³/mol. The maximum Gasteiger partial charge on any atom is 0.243 e. The molecule has 2 aromatic heterocycles. The van der Waals surface area contributed by atoms with Gasteiger partial charge in [0.1, 0.15) is 4.90 Å². The molecule has 0 aromatic carbocycles. The van der Waals surface area contributed by atoms with Crippen LogP contribution in [0, 0.1) is 0 Å². The summed E-state index contributed by atoms with van der Waals surface area (Å²) in [6.45, 7) is 4.63. The number of nitrogens with one attached hydrogen (secondary N) is 2. The molecule has 2 aromatic rings. The largest absolute Gasteiger partial charge is 0.315 e. The molecule has 0 saturated heterocycles. The van der Waals surface area contributed by atoms with Gasteiger partial charge in [-0.15, -0.1) is 11.3 Å². The Hall–Kier alpha value is -1.29. The minimum atomic E-state index is -3.50. The van der Waals surface area contributed by atoms with Crippen molar-refractivity contribution in [2.45, 2.75) is 24.8 Å². The fourth-order valence-corrected chi connectivity index (χ4v) is 3.33. The van der Waals surface area contributed by atoms with E-state index in [0.717, 1.165) is 18.1 Å². The normalized spacial score (nSPS) is 11.9. The monoisotopic (exact) mass is 329 g/mol. The Labute approximate surface area is 128 Å². The number of thiazole rings is 1. The fraction of sp³-hybridized carbons (Fsp3) is 0.500. The van der Waals surface area contributed by atoms with Crippen LogP contribution in [0.25, 0.3) is 0 Å². The predicted octanol–water partition coefficient (Wildman–Crippen LogP) is 0.470. The molecular formula is C12H19N5O2S2. The lowest BCUT2D eigenvalue weighted by Gasteiger charge is -2.03. The van der Waals surface area contributed by atoms with Gasteiger partial charge < -0.3 is 5.32 Å². The lowest BCUT2D eigenvalue weighted by atomic mass is 10.5. The molecule has 0 saturated carbocycles. The zero-order valence-electron chi connectivity index (χ0n) is 11.8. The number of aromatic nitrogens is 3. The molecule has 2 rings (SSSR count). The number of hydrogen-bond donors (Lipinski definition) is 2. The highest BCUT2D eigenvalue weighted by atomic mass is 32.2. The van der Waals surface area contributed by atoms with E-state index in [0.29, 0.717) is 19.5 Å². The first kappa shape index (κ1) is 16.1. The van der Waals surface area contributed by atoms with Gasteiger partial charge in [-0.25, -0.2) is 18.1 Å². The first-order chi connectivity index (χ1) is 10.1. The molecule has 0 bridgehead atoms. The van der Waals surface area contributed by atoms with Crippen LogP contribution in [-0.2, 0) is 23.0 Å². The summed E-state index contributed by atoms with van der Waals surface area (Å²) in [6, 6.07) is 0. The summed E-state index contributed by atoms with van der Waals surface area (Å²) in [6.07, 6.45) is 5.22. The average molecular weight is 329 g/mol. The quantitative estimate of drug-likeness (QED) is 0.653. The van der Waals surface area contributed by atoms with Crippen molar-refractivity contribution >= 4 is 21.4 Å². The number of hydrogen-bond acceptors (Lipinski definition) is 6. The van der Waals surface area contributed by atoms with E-state index in [4.69, 9.17) is 0 Å². The van der Waals surface area contributed by atoms with Gasteiger partial charge in [-0.3, -0.25) is 4.68 Å². The molecule has 0 unspecified atom stereocenters. The molecule has 7 nitrogen and oxygen atoms in total. The first-order valence-corrected chi connectivity index (χ1v) is 9.09. The van der Waals surface area contributed by atoms with Crippen LogP contribution in [0.1, 0.15) is 11.9 Å². The van der Waals surface area contributed by atoms with E-state index in [1.807, 2.05) is 12.3 Å². The molecule has 0 aliphatic rings. The van der Waals surface area contributed by atoms with Crippen LogP contribution in [0.3, 0.4) is 0 Å². The highest BCUT2D eigenvalue weighted by molar-refractivity contribution is 7.89. The third-order valence-electron chi connectivity index (χ3n) is 2.80. The molecule has 9 heteroatoms. The SMILES string of the molecule is CCNCCn1cc(S(=O)(=O)NCCc2nccs2)cn1. The zero-order valence-corrected chi connectivity index (χ0v) is 13.5. The van der Waals surface area contributed by atoms with Crippen LogP contribution in [0.15, 0.2) is 28.9 Å². The van der Waals surface area contributed by atoms with Crippen molar-refractivity contribution in [3.05, 3.63) is 29.0 Å². The highest BCUT2D eigenvalue weighted by Crippen LogP contribution is 2.08. The summed E-state index contributed by atoms with van der Waals surface area (Å²) in [4.78, 5) is 4.31. The fourth-order valence-electron chi connectivity index (χ4n) is 1.73. The summed E-state index contributed by atoms with van der Waals surface area (Å²) >= 11 is 1.52. The summed E-state index contributed by atoms with van der Waals surface area (Å²) in [5, 5.41) is 10.0. The van der Waals surface area contributed by atoms with Crippen molar-refractivity contribution in [2.24, 2.45) is 0 Å². The third kappa shape index (κ3) is 4.88. The number of likely N-dealkylation sites (N-methyl/N-ethyl adjacent to an activating group) is 1. The van der Waals surface area contributed by atoms with E-state index in [1.54, 1.807) is 17.1 Å². The van der Waals surface area contributed by atoms with E-state index < -0.39 is 10.0 Å². The molecule has 0 aliphatic heterocycles. The Bertz CT molecular complexity index is 636. The van der Waals surface area contributed by atoms with Gasteiger partial charge in [-0.2, -0.15) is 5.10 Å². The van der Waals surface area contributed by atoms with Gasteiger partial charge in [-0.1, -0.05) is 6.92 Å². The van der Waals surface area contributed by atoms with Crippen LogP contribution in [-0.4, -0.2) is 42.8 Å². The van der Waals surface area contributed by atoms with Crippen molar-refractivity contribution in [1.82, 2.24) is 24.8 Å². The lowest BCUT2D eigenvalue weighted by Crippen LogP contribution is -2.25. The van der Waals surface area contributed by atoms with Gasteiger partial charge in [0.2, 0.25) is 10.0 Å². The van der Waals surface area contributed by atoms with E-state index >= 15 is 0 Å². The van der Waals surface area contributed by atoms with Crippen molar-refractivity contribution in [3.8, 4) is 0 Å². The second kappa shape index (κ2) is 7.64. The van der Waals surface area contributed by atoms with Crippen molar-refractivity contribution in [2.75, 3.05) is 19.6 Å². The maximum absolute atomic E-state index is 12.1. The Balaban J connectivity index is 1.86. The Kier molecular flexibility index (Phi) is 5.85. The van der Waals surface area contributed by atoms with Gasteiger partial charge >= 0.3 is 0 Å². The minimum Gasteiger partial charge on any atom is -0.315 e. The van der Waals surface area contributed by atoms with Crippen molar-refractivity contribution < 1.29 is 8.42 Å². The number of nitrogens with zero attached hydrogens (tertiary/aromatic N) is 3. The molecular weight excluding hydrogens is 310 g/mol. The average Bonchev–Trinajstić information content (AvgIpc) is 3.10. The molecule has 0 spiro atoms. The van der Waals surface area contributed by atoms with Gasteiger partial charge in [-0.05, 0) is 6.54 Å². The maximum atomic E-state index is 12.1. The number of sulfonamides is 1. The molecule has 0 fully saturated rings. The number of rotatable bonds is 9. The van der Waals surface area contributed by atoms with Gasteiger partial charge in [0.25, 0.3) is 0 Å². The Morgan fingerprint density at radius 2 is 2.24 bits per heavy atom. The van der Waals surface area contributed by atoms with Crippen LogP contribution >= 0.6 is 11.3 Å². The molecule has 0 aliphatic carbocycles. The third-order valence-corrected chi connectivity index (χ3v) is 5.06. The summed E-state index contributed by atoms with van der Waals surface area (Å²) < 4.78 is 28.4. The highest BCUT2D eigenvalue weighted by Gasteiger charge is 2.16. The van der Waals surface area contributed by atoms with Gasteiger partial charge in [0.15, 0.2) is 0 Å². The van der Waals surface area contributed by atoms with Crippen molar-refractivity contribution in [1.29, 1.82) is 0 Å². The van der Waals surface area contributed by atoms with E-state index in [9.17, 15) is 8.42 Å². The molecule has 0 radical (unpaired) electrons. The second-order valence-electron chi connectivity index (χ2n) is 4.37. The topological polar surface area (TPSA) is 88.9 Å². The standard InChI is InChI=1S/C12H19N5O2S2/c1-2-13-5-7-17-10-11(9-15-17)21(18,19)16-4-3-12-14-6-8-20-12/h6,8-10,13,16H,2-5,7H2,1H3. The van der Waals surface area contributed by atoms with Crippen molar-refractivity contribution in [3.63, 3.8) is 0 Å². The molecule has 0 atom stereocenters. The minimum absolute atomic E-state index is 0.193. The van der Waals surface area contributed by atoms with E-state index in [1.165, 1.54) is 17.5 Å². The van der Waals surface area contributed by atoms with Gasteiger partial charge in [0, 0.05) is 37.3 Å². The van der Waals surface area contributed by atoms with E-state index in [-0.39, 0.29) is 4.90 Å². The lowest BCUT2D eigenvalue weighted by molar-refractivity contribution is 0.563. The van der Waals surface area contributed by atoms with Crippen LogP contribution < -0.4 is 10.0 Å². The van der Waals surface area contributed by atoms with Crippen LogP contribution in [0.2, 0.25) is 0 Å². The summed E-state index contributed by atoms with van der Waals surface area (Å²) in [5.41, 5.74) is 0. The van der Waals surface area contributed by atoms with Crippen LogP contribution in [0.5, 0.6) is 0 Å². The molecule has 21 heavy (non-hydrogen) atoms. The molecule has 116 valence electrons. The summed E-state index contributed by atoms with van der Waals surface area (Å²) in [5.74, 6) is 0. The Morgan fingerprint density at radius 3 is 2.95 bits per heavy atom. The van der Waals surface area contributed by atoms with Gasteiger partial charge in [0.05, 0.1) is 17.7 Å². The smallest absolute Gasteiger partial charge is 0.243 e. The molecule has 2 heterocycles. The molecule has 2 N–H and O–H groups in total.